The fourth-order valence-corrected chi connectivity index (χ4v) is 3.37. The van der Waals surface area contributed by atoms with Gasteiger partial charge in [-0.1, -0.05) is 15.9 Å². The second-order valence-corrected chi connectivity index (χ2v) is 6.69. The monoisotopic (exact) mass is 341 g/mol. The zero-order valence-corrected chi connectivity index (χ0v) is 12.8. The highest BCUT2D eigenvalue weighted by molar-refractivity contribution is 9.10. The van der Waals surface area contributed by atoms with E-state index in [4.69, 9.17) is 0 Å². The Morgan fingerprint density at radius 3 is 2.58 bits per heavy atom. The van der Waals surface area contributed by atoms with Crippen molar-refractivity contribution in [2.45, 2.75) is 18.7 Å². The molecular formula is C12H12BrN3O2S. The molecule has 0 bridgehead atoms. The van der Waals surface area contributed by atoms with Crippen LogP contribution in [0.2, 0.25) is 0 Å². The summed E-state index contributed by atoms with van der Waals surface area (Å²) in [5.41, 5.74) is 1.54. The minimum absolute atomic E-state index is 0.0672. The fraction of sp³-hybridized carbons (Fsp3) is 0.167. The van der Waals surface area contributed by atoms with E-state index in [0.717, 1.165) is 5.56 Å². The number of sulfonamides is 1. The molecule has 0 aliphatic rings. The summed E-state index contributed by atoms with van der Waals surface area (Å²) >= 11 is 3.28. The van der Waals surface area contributed by atoms with Gasteiger partial charge in [0.05, 0.1) is 4.90 Å². The Morgan fingerprint density at radius 1 is 1.21 bits per heavy atom. The van der Waals surface area contributed by atoms with Crippen molar-refractivity contribution in [1.82, 2.24) is 9.97 Å². The van der Waals surface area contributed by atoms with Crippen LogP contribution in [-0.4, -0.2) is 18.4 Å². The van der Waals surface area contributed by atoms with Gasteiger partial charge in [-0.15, -0.1) is 0 Å². The number of benzene rings is 1. The van der Waals surface area contributed by atoms with E-state index in [1.807, 2.05) is 13.0 Å². The van der Waals surface area contributed by atoms with Crippen LogP contribution in [0.3, 0.4) is 0 Å². The molecule has 0 fully saturated rings. The van der Waals surface area contributed by atoms with Crippen molar-refractivity contribution in [2.75, 3.05) is 4.72 Å². The fourth-order valence-electron chi connectivity index (χ4n) is 1.54. The molecule has 0 radical (unpaired) electrons. The van der Waals surface area contributed by atoms with Crippen molar-refractivity contribution in [1.29, 1.82) is 0 Å². The summed E-state index contributed by atoms with van der Waals surface area (Å²) in [7, 11) is -3.68. The predicted octanol–water partition coefficient (Wildman–Crippen LogP) is 2.66. The smallest absolute Gasteiger partial charge is 0.247 e. The first-order valence-corrected chi connectivity index (χ1v) is 7.74. The summed E-state index contributed by atoms with van der Waals surface area (Å²) in [6.07, 6.45) is 1.51. The largest absolute Gasteiger partial charge is 0.264 e. The van der Waals surface area contributed by atoms with Gasteiger partial charge in [0, 0.05) is 16.4 Å². The Morgan fingerprint density at radius 2 is 1.95 bits per heavy atom. The van der Waals surface area contributed by atoms with Crippen molar-refractivity contribution >= 4 is 31.9 Å². The van der Waals surface area contributed by atoms with E-state index in [2.05, 4.69) is 30.6 Å². The average molecular weight is 342 g/mol. The molecule has 0 atom stereocenters. The van der Waals surface area contributed by atoms with E-state index in [1.165, 1.54) is 12.3 Å². The molecule has 19 heavy (non-hydrogen) atoms. The van der Waals surface area contributed by atoms with Crippen molar-refractivity contribution in [2.24, 2.45) is 0 Å². The molecule has 1 heterocycles. The normalized spacial score (nSPS) is 11.3. The van der Waals surface area contributed by atoms with Crippen LogP contribution in [0.1, 0.15) is 11.3 Å². The number of aryl methyl sites for hydroxylation is 2. The molecule has 1 aromatic heterocycles. The highest BCUT2D eigenvalue weighted by atomic mass is 79.9. The molecule has 1 aromatic carbocycles. The highest BCUT2D eigenvalue weighted by Gasteiger charge is 2.16. The lowest BCUT2D eigenvalue weighted by Crippen LogP contribution is -2.15. The Hall–Kier alpha value is -1.47. The molecule has 5 nitrogen and oxygen atoms in total. The minimum Gasteiger partial charge on any atom is -0.247 e. The molecule has 0 saturated heterocycles. The van der Waals surface area contributed by atoms with Crippen LogP contribution in [0.25, 0.3) is 0 Å². The van der Waals surface area contributed by atoms with Gasteiger partial charge in [-0.25, -0.2) is 23.1 Å². The topological polar surface area (TPSA) is 72.0 Å². The Balaban J connectivity index is 2.37. The lowest BCUT2D eigenvalue weighted by molar-refractivity contribution is 0.600. The molecule has 0 aliphatic carbocycles. The summed E-state index contributed by atoms with van der Waals surface area (Å²) in [4.78, 5) is 8.07. The van der Waals surface area contributed by atoms with Gasteiger partial charge in [0.15, 0.2) is 0 Å². The van der Waals surface area contributed by atoms with Gasteiger partial charge >= 0.3 is 0 Å². The van der Waals surface area contributed by atoms with Crippen molar-refractivity contribution in [3.8, 4) is 0 Å². The van der Waals surface area contributed by atoms with Crippen LogP contribution in [0.4, 0.5) is 5.95 Å². The molecular weight excluding hydrogens is 330 g/mol. The van der Waals surface area contributed by atoms with Crippen molar-refractivity contribution in [3.63, 3.8) is 0 Å². The summed E-state index contributed by atoms with van der Waals surface area (Å²) in [6, 6.07) is 6.65. The first kappa shape index (κ1) is 14.0. The van der Waals surface area contributed by atoms with E-state index in [1.54, 1.807) is 19.1 Å². The van der Waals surface area contributed by atoms with E-state index < -0.39 is 10.0 Å². The molecule has 0 unspecified atom stereocenters. The predicted molar refractivity (Wildman–Crippen MR) is 76.5 cm³/mol. The Bertz CT molecular complexity index is 696. The van der Waals surface area contributed by atoms with Crippen molar-refractivity contribution in [3.05, 3.63) is 46.2 Å². The van der Waals surface area contributed by atoms with Crippen LogP contribution < -0.4 is 4.72 Å². The second kappa shape index (κ2) is 5.26. The number of hydrogen-bond acceptors (Lipinski definition) is 4. The summed E-state index contributed by atoms with van der Waals surface area (Å²) in [5.74, 6) is 0.0672. The van der Waals surface area contributed by atoms with Crippen LogP contribution in [-0.2, 0) is 10.0 Å². The van der Waals surface area contributed by atoms with E-state index >= 15 is 0 Å². The number of halogens is 1. The van der Waals surface area contributed by atoms with Crippen LogP contribution in [0.5, 0.6) is 0 Å². The van der Waals surface area contributed by atoms with Gasteiger partial charge in [0.25, 0.3) is 10.0 Å². The summed E-state index contributed by atoms with van der Waals surface area (Å²) in [5, 5.41) is 0. The van der Waals surface area contributed by atoms with Crippen molar-refractivity contribution < 1.29 is 8.42 Å². The maximum Gasteiger partial charge on any atom is 0.264 e. The van der Waals surface area contributed by atoms with Gasteiger partial charge in [-0.2, -0.15) is 0 Å². The van der Waals surface area contributed by atoms with Crippen LogP contribution >= 0.6 is 15.9 Å². The van der Waals surface area contributed by atoms with Gasteiger partial charge in [-0.05, 0) is 43.7 Å². The number of rotatable bonds is 3. The maximum atomic E-state index is 12.2. The van der Waals surface area contributed by atoms with Gasteiger partial charge in [-0.3, -0.25) is 0 Å². The van der Waals surface area contributed by atoms with Gasteiger partial charge in [0.2, 0.25) is 5.95 Å². The number of hydrogen-bond donors (Lipinski definition) is 1. The van der Waals surface area contributed by atoms with E-state index in [9.17, 15) is 8.42 Å². The SMILES string of the molecule is Cc1cc(Br)cc(S(=O)(=O)Nc2nccc(C)n2)c1. The first-order chi connectivity index (χ1) is 8.87. The van der Waals surface area contributed by atoms with Crippen LogP contribution in [0, 0.1) is 13.8 Å². The van der Waals surface area contributed by atoms with Gasteiger partial charge < -0.3 is 0 Å². The zero-order chi connectivity index (χ0) is 14.0. The summed E-state index contributed by atoms with van der Waals surface area (Å²) in [6.45, 7) is 3.59. The number of nitrogens with one attached hydrogen (secondary N) is 1. The van der Waals surface area contributed by atoms with Crippen LogP contribution in [0.15, 0.2) is 39.8 Å². The number of aromatic nitrogens is 2. The highest BCUT2D eigenvalue weighted by Crippen LogP contribution is 2.20. The minimum atomic E-state index is -3.68. The van der Waals surface area contributed by atoms with E-state index in [0.29, 0.717) is 10.2 Å². The Kier molecular flexibility index (Phi) is 3.86. The molecule has 1 N–H and O–H groups in total. The molecule has 0 aliphatic heterocycles. The molecule has 0 spiro atoms. The molecule has 100 valence electrons. The quantitative estimate of drug-likeness (QED) is 0.931. The third kappa shape index (κ3) is 3.51. The third-order valence-electron chi connectivity index (χ3n) is 2.35. The second-order valence-electron chi connectivity index (χ2n) is 4.09. The standard InChI is InChI=1S/C12H12BrN3O2S/c1-8-5-10(13)7-11(6-8)19(17,18)16-12-14-4-3-9(2)15-12/h3-7H,1-2H3,(H,14,15,16). The van der Waals surface area contributed by atoms with Gasteiger partial charge in [0.1, 0.15) is 0 Å². The number of nitrogens with zero attached hydrogens (tertiary/aromatic N) is 2. The average Bonchev–Trinajstić information content (AvgIpc) is 2.26. The molecule has 2 aromatic rings. The number of anilines is 1. The Labute approximate surface area is 120 Å². The van der Waals surface area contributed by atoms with E-state index in [-0.39, 0.29) is 10.8 Å². The molecule has 0 amide bonds. The third-order valence-corrected chi connectivity index (χ3v) is 4.11. The zero-order valence-electron chi connectivity index (χ0n) is 10.4. The first-order valence-electron chi connectivity index (χ1n) is 5.46. The molecule has 7 heteroatoms. The summed E-state index contributed by atoms with van der Waals surface area (Å²) < 4.78 is 27.5. The molecule has 0 saturated carbocycles. The lowest BCUT2D eigenvalue weighted by atomic mass is 10.2. The molecule has 2 rings (SSSR count). The lowest BCUT2D eigenvalue weighted by Gasteiger charge is -2.08. The maximum absolute atomic E-state index is 12.2.